The highest BCUT2D eigenvalue weighted by Crippen LogP contribution is 2.22. The van der Waals surface area contributed by atoms with Crippen molar-refractivity contribution in [3.63, 3.8) is 0 Å². The molecule has 5 nitrogen and oxygen atoms in total. The predicted molar refractivity (Wildman–Crippen MR) is 107 cm³/mol. The molecule has 4 aromatic rings. The second-order valence-corrected chi connectivity index (χ2v) is 6.36. The number of carboxylic acid groups (broad SMARTS) is 1. The van der Waals surface area contributed by atoms with Crippen LogP contribution in [0.2, 0.25) is 5.02 Å². The van der Waals surface area contributed by atoms with E-state index in [4.69, 9.17) is 22.4 Å². The summed E-state index contributed by atoms with van der Waals surface area (Å²) in [6.07, 6.45) is 3.57. The zero-order valence-corrected chi connectivity index (χ0v) is 15.5. The van der Waals surface area contributed by atoms with Gasteiger partial charge < -0.3 is 15.2 Å². The Balaban J connectivity index is 0.000000211. The van der Waals surface area contributed by atoms with E-state index < -0.39 is 5.97 Å². The molecule has 0 radical (unpaired) electrons. The number of nitrogens with zero attached hydrogens (tertiary/aromatic N) is 2. The standard InChI is InChI=1S/C14H9ClN2O2.C7H8FN/c15-10-5-3-9(4-6-10)12-8-17-7-1-2-11(14(18)19)13(17)16-12;8-7-3-1-6(5-9)2-4-7/h1-8H,(H,18,19);1-4H,5,9H2. The van der Waals surface area contributed by atoms with E-state index in [9.17, 15) is 9.18 Å². The number of nitrogens with two attached hydrogens (primary N) is 1. The molecular formula is C21H17ClFN3O2. The number of pyridine rings is 1. The molecule has 0 saturated carbocycles. The number of fused-ring (bicyclic) bond motifs is 1. The van der Waals surface area contributed by atoms with Gasteiger partial charge in [0, 0.05) is 29.5 Å². The van der Waals surface area contributed by atoms with Gasteiger partial charge in [0.25, 0.3) is 0 Å². The van der Waals surface area contributed by atoms with Gasteiger partial charge in [-0.25, -0.2) is 14.2 Å². The molecule has 28 heavy (non-hydrogen) atoms. The molecule has 2 aromatic carbocycles. The smallest absolute Gasteiger partial charge is 0.339 e. The monoisotopic (exact) mass is 397 g/mol. The Hall–Kier alpha value is -3.22. The van der Waals surface area contributed by atoms with Gasteiger partial charge >= 0.3 is 5.97 Å². The van der Waals surface area contributed by atoms with Gasteiger partial charge in [-0.2, -0.15) is 0 Å². The third kappa shape index (κ3) is 4.54. The zero-order chi connectivity index (χ0) is 20.1. The number of hydrogen-bond donors (Lipinski definition) is 2. The average Bonchev–Trinajstić information content (AvgIpc) is 3.13. The first-order valence-corrected chi connectivity index (χ1v) is 8.77. The number of carboxylic acids is 1. The molecule has 0 atom stereocenters. The van der Waals surface area contributed by atoms with Gasteiger partial charge in [-0.1, -0.05) is 35.9 Å². The molecule has 0 amide bonds. The largest absolute Gasteiger partial charge is 0.478 e. The summed E-state index contributed by atoms with van der Waals surface area (Å²) in [5, 5.41) is 9.78. The lowest BCUT2D eigenvalue weighted by Gasteiger charge is -1.96. The summed E-state index contributed by atoms with van der Waals surface area (Å²) in [6.45, 7) is 0.472. The second-order valence-electron chi connectivity index (χ2n) is 5.92. The molecular weight excluding hydrogens is 381 g/mol. The number of benzene rings is 2. The van der Waals surface area contributed by atoms with Crippen molar-refractivity contribution in [2.45, 2.75) is 6.54 Å². The summed E-state index contributed by atoms with van der Waals surface area (Å²) in [5.41, 5.74) is 8.45. The first kappa shape index (κ1) is 19.5. The Labute approximate surface area is 165 Å². The van der Waals surface area contributed by atoms with E-state index in [2.05, 4.69) is 4.98 Å². The van der Waals surface area contributed by atoms with Crippen LogP contribution in [-0.4, -0.2) is 20.5 Å². The van der Waals surface area contributed by atoms with Crippen molar-refractivity contribution in [1.29, 1.82) is 0 Å². The second kappa shape index (κ2) is 8.65. The van der Waals surface area contributed by atoms with Gasteiger partial charge in [-0.15, -0.1) is 0 Å². The van der Waals surface area contributed by atoms with Crippen molar-refractivity contribution in [2.24, 2.45) is 5.73 Å². The number of hydrogen-bond acceptors (Lipinski definition) is 3. The molecule has 0 fully saturated rings. The number of imidazole rings is 1. The summed E-state index contributed by atoms with van der Waals surface area (Å²) in [5.74, 6) is -1.20. The van der Waals surface area contributed by atoms with E-state index in [1.54, 1.807) is 47.1 Å². The van der Waals surface area contributed by atoms with Crippen LogP contribution in [0.1, 0.15) is 15.9 Å². The quantitative estimate of drug-likeness (QED) is 0.527. The summed E-state index contributed by atoms with van der Waals surface area (Å²) in [7, 11) is 0. The number of carbonyl (C=O) groups is 1. The molecule has 0 bridgehead atoms. The Bertz CT molecular complexity index is 1090. The van der Waals surface area contributed by atoms with Gasteiger partial charge in [0.15, 0.2) is 5.65 Å². The minimum absolute atomic E-state index is 0.183. The predicted octanol–water partition coefficient (Wildman–Crippen LogP) is 4.64. The highest BCUT2D eigenvalue weighted by Gasteiger charge is 2.12. The van der Waals surface area contributed by atoms with Gasteiger partial charge in [0.2, 0.25) is 0 Å². The molecule has 0 aliphatic carbocycles. The molecule has 0 spiro atoms. The van der Waals surface area contributed by atoms with Crippen LogP contribution in [0.3, 0.4) is 0 Å². The maximum atomic E-state index is 12.2. The Morgan fingerprint density at radius 3 is 2.39 bits per heavy atom. The molecule has 0 saturated heterocycles. The normalized spacial score (nSPS) is 10.4. The first-order valence-electron chi connectivity index (χ1n) is 8.39. The van der Waals surface area contributed by atoms with E-state index >= 15 is 0 Å². The van der Waals surface area contributed by atoms with Crippen LogP contribution < -0.4 is 5.73 Å². The number of aromatic nitrogens is 2. The number of rotatable bonds is 3. The summed E-state index contributed by atoms with van der Waals surface area (Å²) < 4.78 is 13.9. The van der Waals surface area contributed by atoms with E-state index in [0.29, 0.717) is 22.9 Å². The number of halogens is 2. The number of aromatic carboxylic acids is 1. The molecule has 2 aromatic heterocycles. The summed E-state index contributed by atoms with van der Waals surface area (Å²) in [4.78, 5) is 15.5. The first-order chi connectivity index (χ1) is 13.5. The molecule has 142 valence electrons. The molecule has 0 aliphatic heterocycles. The maximum absolute atomic E-state index is 12.2. The van der Waals surface area contributed by atoms with Crippen LogP contribution in [-0.2, 0) is 6.54 Å². The lowest BCUT2D eigenvalue weighted by atomic mass is 10.2. The maximum Gasteiger partial charge on any atom is 0.339 e. The van der Waals surface area contributed by atoms with E-state index in [0.717, 1.165) is 11.1 Å². The molecule has 4 rings (SSSR count). The molecule has 0 aliphatic rings. The van der Waals surface area contributed by atoms with Crippen molar-refractivity contribution < 1.29 is 14.3 Å². The van der Waals surface area contributed by atoms with Crippen molar-refractivity contribution >= 4 is 23.2 Å². The minimum atomic E-state index is -0.987. The summed E-state index contributed by atoms with van der Waals surface area (Å²) >= 11 is 5.84. The van der Waals surface area contributed by atoms with Crippen LogP contribution in [0.4, 0.5) is 4.39 Å². The van der Waals surface area contributed by atoms with Crippen molar-refractivity contribution in [3.05, 3.63) is 95.0 Å². The Kier molecular flexibility index (Phi) is 6.03. The van der Waals surface area contributed by atoms with E-state index in [1.807, 2.05) is 12.1 Å². The summed E-state index contributed by atoms with van der Waals surface area (Å²) in [6, 6.07) is 16.6. The topological polar surface area (TPSA) is 80.6 Å². The van der Waals surface area contributed by atoms with Crippen LogP contribution in [0.5, 0.6) is 0 Å². The van der Waals surface area contributed by atoms with Gasteiger partial charge in [0.05, 0.1) is 5.69 Å². The van der Waals surface area contributed by atoms with Crippen LogP contribution in [0.25, 0.3) is 16.9 Å². The van der Waals surface area contributed by atoms with Crippen LogP contribution in [0, 0.1) is 5.82 Å². The van der Waals surface area contributed by atoms with E-state index in [1.165, 1.54) is 18.2 Å². The fraction of sp³-hybridized carbons (Fsp3) is 0.0476. The van der Waals surface area contributed by atoms with Gasteiger partial charge in [-0.3, -0.25) is 0 Å². The van der Waals surface area contributed by atoms with Crippen molar-refractivity contribution in [3.8, 4) is 11.3 Å². The molecule has 2 heterocycles. The Morgan fingerprint density at radius 1 is 1.11 bits per heavy atom. The van der Waals surface area contributed by atoms with Crippen molar-refractivity contribution in [1.82, 2.24) is 9.38 Å². The fourth-order valence-electron chi connectivity index (χ4n) is 2.56. The SMILES string of the molecule is NCc1ccc(F)cc1.O=C(O)c1cccn2cc(-c3ccc(Cl)cc3)nc12. The molecule has 7 heteroatoms. The van der Waals surface area contributed by atoms with E-state index in [-0.39, 0.29) is 11.4 Å². The zero-order valence-electron chi connectivity index (χ0n) is 14.7. The van der Waals surface area contributed by atoms with Crippen molar-refractivity contribution in [2.75, 3.05) is 0 Å². The third-order valence-corrected chi connectivity index (χ3v) is 4.25. The lowest BCUT2D eigenvalue weighted by molar-refractivity contribution is 0.0698. The third-order valence-electron chi connectivity index (χ3n) is 4.00. The minimum Gasteiger partial charge on any atom is -0.478 e. The van der Waals surface area contributed by atoms with Gasteiger partial charge in [-0.05, 0) is 42.0 Å². The highest BCUT2D eigenvalue weighted by atomic mass is 35.5. The van der Waals surface area contributed by atoms with Crippen LogP contribution >= 0.6 is 11.6 Å². The lowest BCUT2D eigenvalue weighted by Crippen LogP contribution is -1.99. The van der Waals surface area contributed by atoms with Gasteiger partial charge in [0.1, 0.15) is 11.4 Å². The van der Waals surface area contributed by atoms with Crippen LogP contribution in [0.15, 0.2) is 73.1 Å². The Morgan fingerprint density at radius 2 is 1.79 bits per heavy atom. The fourth-order valence-corrected chi connectivity index (χ4v) is 2.69. The highest BCUT2D eigenvalue weighted by molar-refractivity contribution is 6.30. The molecule has 0 unspecified atom stereocenters. The average molecular weight is 398 g/mol. The molecule has 3 N–H and O–H groups in total.